The molecule has 9 atom stereocenters. The third kappa shape index (κ3) is 3.56. The molecule has 0 aromatic heterocycles. The number of fused-ring (bicyclic) bond motifs is 7. The maximum atomic E-state index is 14.6. The van der Waals surface area contributed by atoms with Gasteiger partial charge in [0.25, 0.3) is 0 Å². The first-order valence-corrected chi connectivity index (χ1v) is 15.3. The van der Waals surface area contributed by atoms with Gasteiger partial charge in [-0.15, -0.1) is 0 Å². The van der Waals surface area contributed by atoms with Crippen molar-refractivity contribution in [3.8, 4) is 0 Å². The Balaban J connectivity index is 1.65. The summed E-state index contributed by atoms with van der Waals surface area (Å²) in [5, 5.41) is 17.4. The topological polar surface area (TPSA) is 82.8 Å². The van der Waals surface area contributed by atoms with Gasteiger partial charge < -0.3 is 15.7 Å². The van der Waals surface area contributed by atoms with Gasteiger partial charge in [-0.05, 0) is 97.9 Å². The van der Waals surface area contributed by atoms with Crippen LogP contribution in [-0.4, -0.2) is 29.0 Å². The lowest BCUT2D eigenvalue weighted by atomic mass is 9.34. The van der Waals surface area contributed by atoms with E-state index in [9.17, 15) is 14.7 Å². The molecule has 0 aliphatic heterocycles. The summed E-state index contributed by atoms with van der Waals surface area (Å²) in [6.07, 6.45) is 8.16. The molecule has 214 valence electrons. The molecule has 6 nitrogen and oxygen atoms in total. The Morgan fingerprint density at radius 1 is 1.10 bits per heavy atom. The highest BCUT2D eigenvalue weighted by Crippen LogP contribution is 2.74. The number of amides is 2. The SMILES string of the molecule is [C-]#[N+]C1=C(O)C(C)(C)[C@@H]2CC[C@]3(C)C(=CC(=O)[C@@H]4[C@@H]5[C@@H](C)[C@H](C)CC[C@]5(NC(=O)NCC)CC[C@]43C)[C@@]2(C)C1. The summed E-state index contributed by atoms with van der Waals surface area (Å²) in [5.74, 6) is 1.36. The van der Waals surface area contributed by atoms with Crippen molar-refractivity contribution >= 4 is 11.8 Å². The summed E-state index contributed by atoms with van der Waals surface area (Å²) in [7, 11) is 0. The molecule has 0 heterocycles. The zero-order valence-corrected chi connectivity index (χ0v) is 25.3. The van der Waals surface area contributed by atoms with Crippen LogP contribution in [0.15, 0.2) is 23.1 Å². The van der Waals surface area contributed by atoms with Crippen molar-refractivity contribution in [2.75, 3.05) is 6.54 Å². The molecule has 0 saturated heterocycles. The van der Waals surface area contributed by atoms with Crippen LogP contribution >= 0.6 is 0 Å². The molecule has 5 aliphatic carbocycles. The van der Waals surface area contributed by atoms with Gasteiger partial charge in [-0.25, -0.2) is 9.64 Å². The number of ketones is 1. The average Bonchev–Trinajstić information content (AvgIpc) is 2.86. The third-order valence-corrected chi connectivity index (χ3v) is 13.2. The summed E-state index contributed by atoms with van der Waals surface area (Å²) in [6, 6.07) is -0.116. The zero-order valence-electron chi connectivity index (χ0n) is 25.3. The molecule has 6 heteroatoms. The van der Waals surface area contributed by atoms with E-state index in [1.54, 1.807) is 0 Å². The fourth-order valence-electron chi connectivity index (χ4n) is 10.8. The number of carbonyl (C=O) groups is 2. The largest absolute Gasteiger partial charge is 0.523 e. The second-order valence-corrected chi connectivity index (χ2v) is 15.0. The zero-order chi connectivity index (χ0) is 28.8. The Morgan fingerprint density at radius 3 is 2.44 bits per heavy atom. The lowest BCUT2D eigenvalue weighted by Crippen LogP contribution is -2.71. The van der Waals surface area contributed by atoms with Gasteiger partial charge in [0.05, 0.1) is 6.57 Å². The Morgan fingerprint density at radius 2 is 1.79 bits per heavy atom. The number of aliphatic hydroxyl groups is 1. The molecule has 3 saturated carbocycles. The molecule has 0 spiro atoms. The van der Waals surface area contributed by atoms with Gasteiger partial charge in [-0.3, -0.25) is 4.79 Å². The van der Waals surface area contributed by atoms with E-state index in [1.165, 1.54) is 5.57 Å². The predicted octanol–water partition coefficient (Wildman–Crippen LogP) is 7.19. The molecular formula is C33H49N3O3. The van der Waals surface area contributed by atoms with Crippen molar-refractivity contribution in [2.45, 2.75) is 106 Å². The van der Waals surface area contributed by atoms with E-state index < -0.39 is 5.41 Å². The molecule has 39 heavy (non-hydrogen) atoms. The van der Waals surface area contributed by atoms with Crippen LogP contribution in [0, 0.1) is 57.8 Å². The van der Waals surface area contributed by atoms with Gasteiger partial charge in [-0.1, -0.05) is 54.0 Å². The van der Waals surface area contributed by atoms with Crippen molar-refractivity contribution in [3.63, 3.8) is 0 Å². The minimum Gasteiger partial charge on any atom is -0.523 e. The van der Waals surface area contributed by atoms with Crippen LogP contribution in [0.4, 0.5) is 4.79 Å². The van der Waals surface area contributed by atoms with E-state index in [1.807, 2.05) is 13.0 Å². The van der Waals surface area contributed by atoms with E-state index in [2.05, 4.69) is 63.9 Å². The summed E-state index contributed by atoms with van der Waals surface area (Å²) in [4.78, 5) is 31.3. The lowest BCUT2D eigenvalue weighted by Gasteiger charge is -2.70. The van der Waals surface area contributed by atoms with Crippen LogP contribution in [0.5, 0.6) is 0 Å². The molecule has 0 bridgehead atoms. The first kappa shape index (κ1) is 28.2. The number of nitrogens with one attached hydrogen (secondary N) is 2. The Bertz CT molecular complexity index is 1190. The van der Waals surface area contributed by atoms with E-state index >= 15 is 0 Å². The van der Waals surface area contributed by atoms with Crippen LogP contribution in [0.25, 0.3) is 4.85 Å². The van der Waals surface area contributed by atoms with E-state index in [0.717, 1.165) is 38.5 Å². The van der Waals surface area contributed by atoms with Crippen LogP contribution < -0.4 is 10.6 Å². The molecule has 0 unspecified atom stereocenters. The molecule has 3 N–H and O–H groups in total. The van der Waals surface area contributed by atoms with Gasteiger partial charge >= 0.3 is 6.03 Å². The minimum atomic E-state index is -0.512. The quantitative estimate of drug-likeness (QED) is 0.327. The van der Waals surface area contributed by atoms with Crippen LogP contribution in [-0.2, 0) is 4.79 Å². The normalized spacial score (nSPS) is 46.5. The van der Waals surface area contributed by atoms with Crippen LogP contribution in [0.2, 0.25) is 0 Å². The smallest absolute Gasteiger partial charge is 0.315 e. The van der Waals surface area contributed by atoms with Crippen molar-refractivity contribution in [1.82, 2.24) is 10.6 Å². The standard InChI is InChI=1S/C33H49N3O3/c1-10-35-28(39)36-33-14-11-19(2)20(3)25(33)26-22(37)17-24-30(6)18-21(34-9)27(38)29(4,5)23(30)12-13-31(24,7)32(26,8)15-16-33/h17,19-20,23,25-26,38H,10-16,18H2,1-8H3,(H2,35,36,39)/t19-,20+,23+,25+,26-,30+,31-,32-,33+/m1/s1. The second kappa shape index (κ2) is 8.85. The lowest BCUT2D eigenvalue weighted by molar-refractivity contribution is -0.165. The van der Waals surface area contributed by atoms with Gasteiger partial charge in [0, 0.05) is 23.4 Å². The number of carbonyl (C=O) groups excluding carboxylic acids is 2. The Kier molecular flexibility index (Phi) is 6.41. The van der Waals surface area contributed by atoms with Gasteiger partial charge in [0.2, 0.25) is 5.70 Å². The van der Waals surface area contributed by atoms with E-state index in [-0.39, 0.29) is 57.1 Å². The average molecular weight is 536 g/mol. The molecule has 2 amide bonds. The van der Waals surface area contributed by atoms with Gasteiger partial charge in [0.1, 0.15) is 5.76 Å². The van der Waals surface area contributed by atoms with Crippen LogP contribution in [0.1, 0.15) is 100 Å². The van der Waals surface area contributed by atoms with Gasteiger partial charge in [-0.2, -0.15) is 0 Å². The van der Waals surface area contributed by atoms with E-state index in [0.29, 0.717) is 30.5 Å². The fourth-order valence-corrected chi connectivity index (χ4v) is 10.8. The monoisotopic (exact) mass is 535 g/mol. The highest BCUT2D eigenvalue weighted by Gasteiger charge is 2.70. The molecule has 0 aromatic carbocycles. The minimum absolute atomic E-state index is 0.0841. The number of aliphatic hydroxyl groups excluding tert-OH is 1. The predicted molar refractivity (Wildman–Crippen MR) is 154 cm³/mol. The number of allylic oxidation sites excluding steroid dienone is 4. The Hall–Kier alpha value is -2.29. The van der Waals surface area contributed by atoms with Crippen molar-refractivity contribution in [1.29, 1.82) is 0 Å². The molecule has 5 aliphatic rings. The number of urea groups is 1. The maximum Gasteiger partial charge on any atom is 0.315 e. The van der Waals surface area contributed by atoms with E-state index in [4.69, 9.17) is 6.57 Å². The number of nitrogens with zero attached hydrogens (tertiary/aromatic N) is 1. The number of hydrogen-bond donors (Lipinski definition) is 3. The molecule has 3 fully saturated rings. The van der Waals surface area contributed by atoms with Crippen molar-refractivity contribution < 1.29 is 14.7 Å². The summed E-state index contributed by atoms with van der Waals surface area (Å²) >= 11 is 0. The highest BCUT2D eigenvalue weighted by molar-refractivity contribution is 5.95. The first-order valence-electron chi connectivity index (χ1n) is 15.3. The maximum absolute atomic E-state index is 14.6. The number of hydrogen-bond acceptors (Lipinski definition) is 3. The Labute approximate surface area is 235 Å². The third-order valence-electron chi connectivity index (χ3n) is 13.2. The number of rotatable bonds is 2. The molecule has 0 radical (unpaired) electrons. The summed E-state index contributed by atoms with van der Waals surface area (Å²) in [6.45, 7) is 26.1. The summed E-state index contributed by atoms with van der Waals surface area (Å²) < 4.78 is 0. The fraction of sp³-hybridized carbons (Fsp3) is 0.788. The molecule has 5 rings (SSSR count). The molecule has 0 aromatic rings. The first-order chi connectivity index (χ1) is 18.1. The highest BCUT2D eigenvalue weighted by atomic mass is 16.3. The second-order valence-electron chi connectivity index (χ2n) is 15.0. The van der Waals surface area contributed by atoms with Crippen molar-refractivity contribution in [3.05, 3.63) is 34.5 Å². The van der Waals surface area contributed by atoms with Crippen LogP contribution in [0.3, 0.4) is 0 Å². The molecular weight excluding hydrogens is 486 g/mol. The van der Waals surface area contributed by atoms with Gasteiger partial charge in [0.15, 0.2) is 5.78 Å². The summed E-state index contributed by atoms with van der Waals surface area (Å²) in [5.41, 5.74) is -0.00883. The van der Waals surface area contributed by atoms with Crippen molar-refractivity contribution in [2.24, 2.45) is 51.2 Å².